The van der Waals surface area contributed by atoms with Crippen LogP contribution >= 0.6 is 0 Å². The van der Waals surface area contributed by atoms with E-state index < -0.39 is 16.6 Å². The van der Waals surface area contributed by atoms with Gasteiger partial charge in [0.05, 0.1) is 19.0 Å². The maximum atomic E-state index is 12.9. The quantitative estimate of drug-likeness (QED) is 0.743. The lowest BCUT2D eigenvalue weighted by molar-refractivity contribution is 0.0541. The molecule has 2 heterocycles. The van der Waals surface area contributed by atoms with Gasteiger partial charge < -0.3 is 4.74 Å². The molecule has 0 radical (unpaired) electrons. The van der Waals surface area contributed by atoms with Crippen molar-refractivity contribution in [3.8, 4) is 5.75 Å². The van der Waals surface area contributed by atoms with E-state index in [1.165, 1.54) is 11.2 Å². The molecule has 10 heteroatoms. The average molecular weight is 400 g/mol. The van der Waals surface area contributed by atoms with Gasteiger partial charge in [0.1, 0.15) is 10.6 Å². The molecule has 0 bridgehead atoms. The maximum Gasteiger partial charge on any atom is 0.333 e. The van der Waals surface area contributed by atoms with Crippen molar-refractivity contribution in [1.29, 1.82) is 0 Å². The first-order chi connectivity index (χ1) is 12.8. The van der Waals surface area contributed by atoms with Crippen molar-refractivity contribution in [3.63, 3.8) is 0 Å². The third kappa shape index (κ3) is 4.12. The number of nitrogens with zero attached hydrogens (tertiary/aromatic N) is 4. The summed E-state index contributed by atoms with van der Waals surface area (Å²) in [5.41, 5.74) is 1.06. The van der Waals surface area contributed by atoms with E-state index in [0.717, 1.165) is 17.5 Å². The normalized spacial score (nSPS) is 16.8. The molecule has 0 amide bonds. The molecule has 0 unspecified atom stereocenters. The highest BCUT2D eigenvalue weighted by Crippen LogP contribution is 2.24. The molecule has 0 spiro atoms. The van der Waals surface area contributed by atoms with Crippen molar-refractivity contribution in [3.05, 3.63) is 41.7 Å². The van der Waals surface area contributed by atoms with E-state index in [0.29, 0.717) is 37.4 Å². The maximum absolute atomic E-state index is 12.9. The minimum Gasteiger partial charge on any atom is -0.497 e. The number of ether oxygens (including phenoxy) is 1. The largest absolute Gasteiger partial charge is 0.497 e. The van der Waals surface area contributed by atoms with Gasteiger partial charge in [-0.2, -0.15) is 18.2 Å². The standard InChI is InChI=1S/C17H22F2N4O3S/c1-13-16(11-20-23(13)17(18)19)27(24,25)22-9-7-21(8-10-22)12-14-3-5-15(26-2)6-4-14/h3-6,11,17H,7-10,12H2,1-2H3. The zero-order chi connectivity index (χ0) is 19.6. The first-order valence-electron chi connectivity index (χ1n) is 8.50. The Kier molecular flexibility index (Phi) is 5.78. The van der Waals surface area contributed by atoms with Gasteiger partial charge in [-0.05, 0) is 24.6 Å². The van der Waals surface area contributed by atoms with E-state index in [2.05, 4.69) is 10.00 Å². The molecule has 1 aliphatic rings. The number of hydrogen-bond donors (Lipinski definition) is 0. The van der Waals surface area contributed by atoms with Gasteiger partial charge in [0.15, 0.2) is 0 Å². The number of hydrogen-bond acceptors (Lipinski definition) is 5. The van der Waals surface area contributed by atoms with Crippen LogP contribution in [-0.2, 0) is 16.6 Å². The molecular formula is C17H22F2N4O3S. The van der Waals surface area contributed by atoms with Crippen LogP contribution in [0.2, 0.25) is 0 Å². The van der Waals surface area contributed by atoms with Gasteiger partial charge in [-0.3, -0.25) is 4.90 Å². The van der Waals surface area contributed by atoms with Crippen LogP contribution in [0, 0.1) is 6.92 Å². The summed E-state index contributed by atoms with van der Waals surface area (Å²) in [4.78, 5) is 2.00. The molecule has 2 aromatic rings. The van der Waals surface area contributed by atoms with Crippen LogP contribution in [0.4, 0.5) is 8.78 Å². The fourth-order valence-electron chi connectivity index (χ4n) is 3.11. The molecule has 1 aliphatic heterocycles. The minimum absolute atomic E-state index is 0.0503. The van der Waals surface area contributed by atoms with Crippen LogP contribution < -0.4 is 4.74 Å². The Morgan fingerprint density at radius 2 is 1.78 bits per heavy atom. The number of benzene rings is 1. The van der Waals surface area contributed by atoms with Crippen LogP contribution in [0.5, 0.6) is 5.75 Å². The van der Waals surface area contributed by atoms with E-state index in [9.17, 15) is 17.2 Å². The number of aromatic nitrogens is 2. The predicted molar refractivity (Wildman–Crippen MR) is 95.2 cm³/mol. The summed E-state index contributed by atoms with van der Waals surface area (Å²) < 4.78 is 58.2. The fourth-order valence-corrected chi connectivity index (χ4v) is 4.68. The molecule has 1 fully saturated rings. The van der Waals surface area contributed by atoms with Gasteiger partial charge in [0.2, 0.25) is 10.0 Å². The Morgan fingerprint density at radius 1 is 1.15 bits per heavy atom. The molecule has 7 nitrogen and oxygen atoms in total. The predicted octanol–water partition coefficient (Wildman–Crippen LogP) is 2.10. The summed E-state index contributed by atoms with van der Waals surface area (Å²) in [6.45, 7) is 0.915. The van der Waals surface area contributed by atoms with Gasteiger partial charge in [-0.1, -0.05) is 12.1 Å². The summed E-state index contributed by atoms with van der Waals surface area (Å²) in [7, 11) is -2.22. The van der Waals surface area contributed by atoms with Crippen LogP contribution in [0.25, 0.3) is 0 Å². The molecular weight excluding hydrogens is 378 g/mol. The van der Waals surface area contributed by atoms with E-state index in [4.69, 9.17) is 4.74 Å². The second-order valence-electron chi connectivity index (χ2n) is 6.34. The molecule has 0 atom stereocenters. The average Bonchev–Trinajstić information content (AvgIpc) is 3.05. The van der Waals surface area contributed by atoms with Crippen LogP contribution in [0.3, 0.4) is 0 Å². The van der Waals surface area contributed by atoms with Crippen molar-refractivity contribution >= 4 is 10.0 Å². The van der Waals surface area contributed by atoms with Crippen LogP contribution in [0.1, 0.15) is 17.8 Å². The number of sulfonamides is 1. The molecule has 3 rings (SSSR count). The molecule has 1 aromatic heterocycles. The van der Waals surface area contributed by atoms with Crippen molar-refractivity contribution in [2.24, 2.45) is 0 Å². The first-order valence-corrected chi connectivity index (χ1v) is 9.94. The van der Waals surface area contributed by atoms with Crippen LogP contribution in [0.15, 0.2) is 35.4 Å². The second-order valence-corrected chi connectivity index (χ2v) is 8.25. The summed E-state index contributed by atoms with van der Waals surface area (Å²) in [5.74, 6) is 0.786. The Balaban J connectivity index is 1.64. The Bertz CT molecular complexity index is 876. The Labute approximate surface area is 157 Å². The lowest BCUT2D eigenvalue weighted by Crippen LogP contribution is -2.48. The van der Waals surface area contributed by atoms with E-state index in [1.807, 2.05) is 24.3 Å². The third-order valence-electron chi connectivity index (χ3n) is 4.70. The highest BCUT2D eigenvalue weighted by atomic mass is 32.2. The van der Waals surface area contributed by atoms with Gasteiger partial charge in [0, 0.05) is 32.7 Å². The SMILES string of the molecule is COc1ccc(CN2CCN(S(=O)(=O)c3cnn(C(F)F)c3C)CC2)cc1. The summed E-state index contributed by atoms with van der Waals surface area (Å²) in [6, 6.07) is 7.73. The van der Waals surface area contributed by atoms with Gasteiger partial charge in [-0.15, -0.1) is 0 Å². The summed E-state index contributed by atoms with van der Waals surface area (Å²) in [5, 5.41) is 3.50. The zero-order valence-electron chi connectivity index (χ0n) is 15.2. The van der Waals surface area contributed by atoms with Gasteiger partial charge in [0.25, 0.3) is 0 Å². The molecule has 1 aromatic carbocycles. The third-order valence-corrected chi connectivity index (χ3v) is 6.70. The first kappa shape index (κ1) is 19.7. The minimum atomic E-state index is -3.84. The van der Waals surface area contributed by atoms with Crippen molar-refractivity contribution < 1.29 is 21.9 Å². The van der Waals surface area contributed by atoms with Gasteiger partial charge in [-0.25, -0.2) is 13.1 Å². The van der Waals surface area contributed by atoms with Crippen molar-refractivity contribution in [2.45, 2.75) is 24.9 Å². The molecule has 0 N–H and O–H groups in total. The Hall–Kier alpha value is -2.04. The highest BCUT2D eigenvalue weighted by Gasteiger charge is 2.32. The fraction of sp³-hybridized carbons (Fsp3) is 0.471. The monoisotopic (exact) mass is 400 g/mol. The number of halogens is 2. The number of methoxy groups -OCH3 is 1. The Morgan fingerprint density at radius 3 is 2.30 bits per heavy atom. The topological polar surface area (TPSA) is 67.7 Å². The summed E-state index contributed by atoms with van der Waals surface area (Å²) >= 11 is 0. The zero-order valence-corrected chi connectivity index (χ0v) is 16.0. The van der Waals surface area contributed by atoms with Gasteiger partial charge >= 0.3 is 6.55 Å². The number of rotatable bonds is 6. The highest BCUT2D eigenvalue weighted by molar-refractivity contribution is 7.89. The lowest BCUT2D eigenvalue weighted by atomic mass is 10.2. The molecule has 0 aliphatic carbocycles. The number of piperazine rings is 1. The molecule has 27 heavy (non-hydrogen) atoms. The van der Waals surface area contributed by atoms with Crippen molar-refractivity contribution in [1.82, 2.24) is 19.0 Å². The molecule has 148 valence electrons. The molecule has 1 saturated heterocycles. The smallest absolute Gasteiger partial charge is 0.333 e. The van der Waals surface area contributed by atoms with E-state index in [-0.39, 0.29) is 10.6 Å². The van der Waals surface area contributed by atoms with Crippen LogP contribution in [-0.4, -0.2) is 60.7 Å². The second kappa shape index (κ2) is 7.91. The molecule has 0 saturated carbocycles. The van der Waals surface area contributed by atoms with E-state index in [1.54, 1.807) is 7.11 Å². The number of alkyl halides is 2. The lowest BCUT2D eigenvalue weighted by Gasteiger charge is -2.33. The van der Waals surface area contributed by atoms with Crippen molar-refractivity contribution in [2.75, 3.05) is 33.3 Å². The van der Waals surface area contributed by atoms with E-state index >= 15 is 0 Å². The summed E-state index contributed by atoms with van der Waals surface area (Å²) in [6.07, 6.45) is 1.00.